The molecule has 3 rings (SSSR count). The summed E-state index contributed by atoms with van der Waals surface area (Å²) in [6, 6.07) is 3.14. The minimum absolute atomic E-state index is 0.294. The van der Waals surface area contributed by atoms with Crippen molar-refractivity contribution in [2.45, 2.75) is 20.3 Å². The van der Waals surface area contributed by atoms with Gasteiger partial charge < -0.3 is 0 Å². The first-order valence-corrected chi connectivity index (χ1v) is 8.92. The van der Waals surface area contributed by atoms with Crippen LogP contribution in [0.3, 0.4) is 0 Å². The van der Waals surface area contributed by atoms with E-state index in [9.17, 15) is 9.59 Å². The van der Waals surface area contributed by atoms with Crippen molar-refractivity contribution in [2.24, 2.45) is 11.0 Å². The molecule has 0 amide bonds. The van der Waals surface area contributed by atoms with Gasteiger partial charge in [-0.25, -0.2) is 4.79 Å². The molecule has 0 spiro atoms. The maximum Gasteiger partial charge on any atom is 0.349 e. The molecule has 1 aliphatic rings. The van der Waals surface area contributed by atoms with Gasteiger partial charge in [0.2, 0.25) is 0 Å². The van der Waals surface area contributed by atoms with Gasteiger partial charge in [0, 0.05) is 16.5 Å². The third-order valence-electron chi connectivity index (χ3n) is 4.07. The van der Waals surface area contributed by atoms with Crippen LogP contribution in [0.15, 0.2) is 56.9 Å². The molecule has 9 heteroatoms. The maximum absolute atomic E-state index is 11.9. The number of hydrogen-bond donors (Lipinski definition) is 2. The Balaban J connectivity index is 1.96. The normalized spacial score (nSPS) is 14.0. The predicted molar refractivity (Wildman–Crippen MR) is 107 cm³/mol. The number of aromatic nitrogens is 3. The lowest BCUT2D eigenvalue weighted by Gasteiger charge is -2.20. The summed E-state index contributed by atoms with van der Waals surface area (Å²) in [6.45, 7) is 8.10. The monoisotopic (exact) mass is 405 g/mol. The molecule has 0 saturated heterocycles. The van der Waals surface area contributed by atoms with Gasteiger partial charge in [0.15, 0.2) is 0 Å². The van der Waals surface area contributed by atoms with Crippen LogP contribution in [0.25, 0.3) is 5.69 Å². The number of nitrogens with zero attached hydrogens (tertiary/aromatic N) is 3. The number of halogens is 2. The van der Waals surface area contributed by atoms with Crippen molar-refractivity contribution in [3.8, 4) is 5.69 Å². The number of hydrazone groups is 1. The second-order valence-electron chi connectivity index (χ2n) is 6.36. The quantitative estimate of drug-likeness (QED) is 0.817. The largest absolute Gasteiger partial charge is 0.349 e. The number of benzene rings is 1. The van der Waals surface area contributed by atoms with E-state index in [0.29, 0.717) is 33.6 Å². The van der Waals surface area contributed by atoms with E-state index in [-0.39, 0.29) is 0 Å². The topological polar surface area (TPSA) is 92.1 Å². The van der Waals surface area contributed by atoms with Gasteiger partial charge >= 0.3 is 5.69 Å². The number of aromatic amines is 1. The lowest BCUT2D eigenvalue weighted by molar-refractivity contribution is 0.734. The van der Waals surface area contributed by atoms with E-state index in [1.807, 2.05) is 6.08 Å². The summed E-state index contributed by atoms with van der Waals surface area (Å²) >= 11 is 12.8. The molecule has 2 aromatic rings. The standard InChI is InChI=1S/C18H17Cl2N5O2/c1-9(2)13-4-11(24-23-10(13)3)5-14-15(19)6-12(7-16(14)20)25-18(27)22-17(26)8-21-25/h4,6-9,23H,3,5H2,1-2H3,(H,22,26,27). The minimum Gasteiger partial charge on any atom is -0.279 e. The predicted octanol–water partition coefficient (Wildman–Crippen LogP) is 2.83. The first-order valence-electron chi connectivity index (χ1n) is 8.16. The van der Waals surface area contributed by atoms with E-state index < -0.39 is 11.2 Å². The number of nitrogens with one attached hydrogen (secondary N) is 2. The molecule has 7 nitrogen and oxygen atoms in total. The van der Waals surface area contributed by atoms with E-state index in [2.05, 4.69) is 41.0 Å². The lowest BCUT2D eigenvalue weighted by atomic mass is 9.96. The first-order chi connectivity index (χ1) is 12.8. The summed E-state index contributed by atoms with van der Waals surface area (Å²) in [5.41, 5.74) is 5.29. The zero-order valence-corrected chi connectivity index (χ0v) is 16.2. The van der Waals surface area contributed by atoms with Gasteiger partial charge in [0.1, 0.15) is 6.20 Å². The van der Waals surface area contributed by atoms with Gasteiger partial charge in [0.25, 0.3) is 5.56 Å². The Hall–Kier alpha value is -2.64. The van der Waals surface area contributed by atoms with Crippen LogP contribution < -0.4 is 16.7 Å². The number of rotatable bonds is 4. The van der Waals surface area contributed by atoms with Crippen molar-refractivity contribution >= 4 is 28.9 Å². The number of allylic oxidation sites excluding steroid dienone is 2. The van der Waals surface area contributed by atoms with Crippen LogP contribution in [0, 0.1) is 5.92 Å². The fourth-order valence-electron chi connectivity index (χ4n) is 2.71. The zero-order valence-electron chi connectivity index (χ0n) is 14.7. The van der Waals surface area contributed by atoms with Gasteiger partial charge in [-0.3, -0.25) is 15.2 Å². The van der Waals surface area contributed by atoms with E-state index in [4.69, 9.17) is 23.2 Å². The van der Waals surface area contributed by atoms with E-state index in [0.717, 1.165) is 27.9 Å². The van der Waals surface area contributed by atoms with Gasteiger partial charge in [0.05, 0.1) is 17.1 Å². The van der Waals surface area contributed by atoms with Crippen LogP contribution in [0.2, 0.25) is 10.0 Å². The van der Waals surface area contributed by atoms with E-state index in [1.165, 1.54) is 0 Å². The first kappa shape index (κ1) is 19.1. The summed E-state index contributed by atoms with van der Waals surface area (Å²) in [5.74, 6) is 0.294. The van der Waals surface area contributed by atoms with Crippen molar-refractivity contribution in [2.75, 3.05) is 0 Å². The average molecular weight is 406 g/mol. The van der Waals surface area contributed by atoms with Crippen molar-refractivity contribution in [3.05, 3.63) is 78.7 Å². The van der Waals surface area contributed by atoms with E-state index >= 15 is 0 Å². The maximum atomic E-state index is 11.9. The molecule has 2 heterocycles. The molecule has 1 aromatic heterocycles. The molecule has 0 bridgehead atoms. The summed E-state index contributed by atoms with van der Waals surface area (Å²) in [4.78, 5) is 25.2. The third kappa shape index (κ3) is 4.04. The highest BCUT2D eigenvalue weighted by atomic mass is 35.5. The number of hydrogen-bond acceptors (Lipinski definition) is 5. The van der Waals surface area contributed by atoms with Crippen molar-refractivity contribution < 1.29 is 0 Å². The molecule has 0 radical (unpaired) electrons. The van der Waals surface area contributed by atoms with Gasteiger partial charge in [-0.15, -0.1) is 0 Å². The van der Waals surface area contributed by atoms with Crippen molar-refractivity contribution in [1.29, 1.82) is 0 Å². The SMILES string of the molecule is C=C1NN=C(Cc2c(Cl)cc(-n3ncc(=O)[nH]c3=O)cc2Cl)C=C1C(C)C. The molecule has 2 N–H and O–H groups in total. The van der Waals surface area contributed by atoms with Crippen LogP contribution >= 0.6 is 23.2 Å². The van der Waals surface area contributed by atoms with Crippen LogP contribution in [0.1, 0.15) is 19.4 Å². The summed E-state index contributed by atoms with van der Waals surface area (Å²) in [5, 5.41) is 8.82. The summed E-state index contributed by atoms with van der Waals surface area (Å²) in [7, 11) is 0. The number of H-pyrrole nitrogens is 1. The Morgan fingerprint density at radius 2 is 1.89 bits per heavy atom. The Morgan fingerprint density at radius 3 is 2.48 bits per heavy atom. The lowest BCUT2D eigenvalue weighted by Crippen LogP contribution is -2.30. The molecule has 0 atom stereocenters. The Bertz CT molecular complexity index is 1070. The summed E-state index contributed by atoms with van der Waals surface area (Å²) in [6.07, 6.45) is 3.38. The average Bonchev–Trinajstić information content (AvgIpc) is 2.59. The fourth-order valence-corrected chi connectivity index (χ4v) is 3.32. The third-order valence-corrected chi connectivity index (χ3v) is 4.74. The molecule has 140 valence electrons. The molecule has 0 saturated carbocycles. The van der Waals surface area contributed by atoms with Crippen LogP contribution in [-0.2, 0) is 6.42 Å². The molecule has 0 fully saturated rings. The Morgan fingerprint density at radius 1 is 1.22 bits per heavy atom. The Kier molecular flexibility index (Phi) is 5.34. The van der Waals surface area contributed by atoms with Crippen LogP contribution in [0.4, 0.5) is 0 Å². The molecule has 27 heavy (non-hydrogen) atoms. The van der Waals surface area contributed by atoms with Gasteiger partial charge in [-0.2, -0.15) is 14.9 Å². The zero-order chi connectivity index (χ0) is 19.7. The van der Waals surface area contributed by atoms with Crippen molar-refractivity contribution in [1.82, 2.24) is 20.2 Å². The highest BCUT2D eigenvalue weighted by molar-refractivity contribution is 6.36. The smallest absolute Gasteiger partial charge is 0.279 e. The molecular weight excluding hydrogens is 389 g/mol. The highest BCUT2D eigenvalue weighted by Gasteiger charge is 2.17. The summed E-state index contributed by atoms with van der Waals surface area (Å²) < 4.78 is 1.02. The van der Waals surface area contributed by atoms with Crippen LogP contribution in [-0.4, -0.2) is 20.5 Å². The molecule has 0 aliphatic carbocycles. The van der Waals surface area contributed by atoms with Gasteiger partial charge in [-0.05, 0) is 35.3 Å². The minimum atomic E-state index is -0.675. The fraction of sp³-hybridized carbons (Fsp3) is 0.222. The second-order valence-corrected chi connectivity index (χ2v) is 7.18. The molecule has 0 unspecified atom stereocenters. The molecule has 1 aromatic carbocycles. The highest BCUT2D eigenvalue weighted by Crippen LogP contribution is 2.29. The van der Waals surface area contributed by atoms with Crippen molar-refractivity contribution in [3.63, 3.8) is 0 Å². The molecule has 1 aliphatic heterocycles. The molecular formula is C18H17Cl2N5O2. The second kappa shape index (κ2) is 7.54. The van der Waals surface area contributed by atoms with E-state index in [1.54, 1.807) is 12.1 Å². The Labute approximate surface area is 165 Å². The van der Waals surface area contributed by atoms with Gasteiger partial charge in [-0.1, -0.05) is 43.6 Å². The van der Waals surface area contributed by atoms with Crippen LogP contribution in [0.5, 0.6) is 0 Å².